The maximum atomic E-state index is 13.3. The van der Waals surface area contributed by atoms with Gasteiger partial charge in [-0.1, -0.05) is 18.2 Å². The third kappa shape index (κ3) is 4.22. The highest BCUT2D eigenvalue weighted by Crippen LogP contribution is 2.36. The van der Waals surface area contributed by atoms with Gasteiger partial charge in [-0.25, -0.2) is 14.4 Å². The molecule has 0 spiro atoms. The lowest BCUT2D eigenvalue weighted by Crippen LogP contribution is -2.08. The molecule has 1 N–H and O–H groups in total. The summed E-state index contributed by atoms with van der Waals surface area (Å²) in [6, 6.07) is 13.4. The lowest BCUT2D eigenvalue weighted by Gasteiger charge is -2.13. The van der Waals surface area contributed by atoms with E-state index in [1.165, 1.54) is 30.7 Å². The van der Waals surface area contributed by atoms with Gasteiger partial charge in [0.1, 0.15) is 18.0 Å². The molecule has 0 bridgehead atoms. The monoisotopic (exact) mass is 412 g/mol. The zero-order valence-corrected chi connectivity index (χ0v) is 15.6. The van der Waals surface area contributed by atoms with Crippen molar-refractivity contribution in [2.45, 2.75) is 12.6 Å². The normalized spacial score (nSPS) is 11.6. The molecule has 0 saturated heterocycles. The van der Waals surface area contributed by atoms with Gasteiger partial charge < -0.3 is 5.32 Å². The number of aromatic nitrogens is 3. The number of rotatable bonds is 5. The highest BCUT2D eigenvalue weighted by Gasteiger charge is 2.34. The molecule has 0 aliphatic rings. The predicted octanol–water partition coefficient (Wildman–Crippen LogP) is 5.50. The van der Waals surface area contributed by atoms with Crippen molar-refractivity contribution in [3.05, 3.63) is 84.1 Å². The van der Waals surface area contributed by atoms with Crippen LogP contribution in [0.15, 0.2) is 67.1 Å². The summed E-state index contributed by atoms with van der Waals surface area (Å²) in [7, 11) is 0. The molecule has 4 rings (SSSR count). The van der Waals surface area contributed by atoms with Crippen LogP contribution in [0.1, 0.15) is 11.1 Å². The van der Waals surface area contributed by atoms with Crippen LogP contribution in [0.2, 0.25) is 0 Å². The highest BCUT2D eigenvalue weighted by atomic mass is 19.4. The fourth-order valence-corrected chi connectivity index (χ4v) is 3.23. The third-order valence-corrected chi connectivity index (χ3v) is 4.62. The quantitative estimate of drug-likeness (QED) is 0.440. The summed E-state index contributed by atoms with van der Waals surface area (Å²) in [5.74, 6) is 0.264. The lowest BCUT2D eigenvalue weighted by atomic mass is 10.0. The number of anilines is 1. The Balaban J connectivity index is 1.60. The van der Waals surface area contributed by atoms with Gasteiger partial charge in [0.15, 0.2) is 0 Å². The van der Waals surface area contributed by atoms with Crippen LogP contribution in [0.3, 0.4) is 0 Å². The van der Waals surface area contributed by atoms with Crippen LogP contribution in [0.4, 0.5) is 23.4 Å². The molecule has 152 valence electrons. The van der Waals surface area contributed by atoms with Gasteiger partial charge in [-0.3, -0.25) is 4.98 Å². The van der Waals surface area contributed by atoms with Crippen molar-refractivity contribution in [2.24, 2.45) is 0 Å². The molecule has 4 aromatic rings. The van der Waals surface area contributed by atoms with Gasteiger partial charge in [0, 0.05) is 23.7 Å². The summed E-state index contributed by atoms with van der Waals surface area (Å²) in [6.07, 6.45) is -1.24. The van der Waals surface area contributed by atoms with Crippen molar-refractivity contribution < 1.29 is 17.6 Å². The van der Waals surface area contributed by atoms with Crippen LogP contribution in [-0.2, 0) is 12.6 Å². The molecule has 0 amide bonds. The predicted molar refractivity (Wildman–Crippen MR) is 106 cm³/mol. The fourth-order valence-electron chi connectivity index (χ4n) is 3.23. The first-order valence-corrected chi connectivity index (χ1v) is 9.17. The smallest absolute Gasteiger partial charge is 0.369 e. The van der Waals surface area contributed by atoms with E-state index in [1.54, 1.807) is 24.3 Å². The molecule has 2 aromatic heterocycles. The Kier molecular flexibility index (Phi) is 5.31. The first-order chi connectivity index (χ1) is 14.4. The molecular formula is C22H16F4N4. The Morgan fingerprint density at radius 2 is 1.77 bits per heavy atom. The molecule has 2 heterocycles. The van der Waals surface area contributed by atoms with Gasteiger partial charge >= 0.3 is 6.18 Å². The zero-order chi connectivity index (χ0) is 21.1. The SMILES string of the molecule is Fc1cccc(CCNc2ncnc3cc(-c4ncccc4C(F)(F)F)ccc23)c1. The summed E-state index contributed by atoms with van der Waals surface area (Å²) in [5, 5.41) is 3.85. The second kappa shape index (κ2) is 8.06. The summed E-state index contributed by atoms with van der Waals surface area (Å²) in [4.78, 5) is 12.3. The van der Waals surface area contributed by atoms with E-state index in [0.717, 1.165) is 11.6 Å². The molecule has 0 atom stereocenters. The Morgan fingerprint density at radius 3 is 2.57 bits per heavy atom. The minimum atomic E-state index is -4.51. The number of hydrogen-bond donors (Lipinski definition) is 1. The van der Waals surface area contributed by atoms with E-state index in [2.05, 4.69) is 20.3 Å². The van der Waals surface area contributed by atoms with Gasteiger partial charge in [0.2, 0.25) is 0 Å². The highest BCUT2D eigenvalue weighted by molar-refractivity contribution is 5.91. The number of nitrogens with one attached hydrogen (secondary N) is 1. The van der Waals surface area contributed by atoms with Gasteiger partial charge in [0.05, 0.1) is 16.8 Å². The van der Waals surface area contributed by atoms with E-state index in [1.807, 2.05) is 6.07 Å². The van der Waals surface area contributed by atoms with Crippen LogP contribution in [0.25, 0.3) is 22.2 Å². The van der Waals surface area contributed by atoms with Gasteiger partial charge in [0.25, 0.3) is 0 Å². The Bertz CT molecular complexity index is 1190. The first kappa shape index (κ1) is 19.8. The molecule has 0 saturated carbocycles. The van der Waals surface area contributed by atoms with Gasteiger partial charge in [-0.05, 0) is 48.4 Å². The van der Waals surface area contributed by atoms with Crippen molar-refractivity contribution in [1.82, 2.24) is 15.0 Å². The number of halogens is 4. The Labute approximate surface area is 169 Å². The van der Waals surface area contributed by atoms with E-state index in [0.29, 0.717) is 35.2 Å². The average Bonchev–Trinajstić information content (AvgIpc) is 2.73. The largest absolute Gasteiger partial charge is 0.418 e. The minimum Gasteiger partial charge on any atom is -0.369 e. The zero-order valence-electron chi connectivity index (χ0n) is 15.6. The molecule has 0 aliphatic heterocycles. The number of nitrogens with zero attached hydrogens (tertiary/aromatic N) is 3. The Hall–Kier alpha value is -3.55. The number of pyridine rings is 1. The van der Waals surface area contributed by atoms with Crippen LogP contribution in [-0.4, -0.2) is 21.5 Å². The number of alkyl halides is 3. The van der Waals surface area contributed by atoms with Crippen molar-refractivity contribution in [1.29, 1.82) is 0 Å². The maximum Gasteiger partial charge on any atom is 0.418 e. The number of benzene rings is 2. The average molecular weight is 412 g/mol. The fraction of sp³-hybridized carbons (Fsp3) is 0.136. The standard InChI is InChI=1S/C22H16F4N4/c23-16-4-1-3-14(11-16)8-10-28-21-17-7-6-15(12-19(17)29-13-30-21)20-18(22(24,25)26)5-2-9-27-20/h1-7,9,11-13H,8,10H2,(H,28,29,30). The molecule has 0 fully saturated rings. The van der Waals surface area contributed by atoms with Crippen LogP contribution in [0.5, 0.6) is 0 Å². The van der Waals surface area contributed by atoms with Crippen molar-refractivity contribution in [2.75, 3.05) is 11.9 Å². The summed E-state index contributed by atoms with van der Waals surface area (Å²) in [6.45, 7) is 0.510. The topological polar surface area (TPSA) is 50.7 Å². The van der Waals surface area contributed by atoms with Gasteiger partial charge in [-0.15, -0.1) is 0 Å². The minimum absolute atomic E-state index is 0.147. The van der Waals surface area contributed by atoms with Crippen LogP contribution in [0, 0.1) is 5.82 Å². The van der Waals surface area contributed by atoms with Crippen LogP contribution >= 0.6 is 0 Å². The summed E-state index contributed by atoms with van der Waals surface area (Å²) < 4.78 is 53.2. The summed E-state index contributed by atoms with van der Waals surface area (Å²) >= 11 is 0. The molecule has 30 heavy (non-hydrogen) atoms. The summed E-state index contributed by atoms with van der Waals surface area (Å²) in [5.41, 5.74) is 0.713. The molecule has 0 aliphatic carbocycles. The van der Waals surface area contributed by atoms with Crippen molar-refractivity contribution >= 4 is 16.7 Å². The molecular weight excluding hydrogens is 396 g/mol. The Morgan fingerprint density at radius 1 is 0.900 bits per heavy atom. The van der Waals surface area contributed by atoms with Crippen molar-refractivity contribution in [3.63, 3.8) is 0 Å². The molecule has 0 unspecified atom stereocenters. The van der Waals surface area contributed by atoms with Crippen molar-refractivity contribution in [3.8, 4) is 11.3 Å². The number of fused-ring (bicyclic) bond motifs is 1. The lowest BCUT2D eigenvalue weighted by molar-refractivity contribution is -0.137. The number of hydrogen-bond acceptors (Lipinski definition) is 4. The molecule has 2 aromatic carbocycles. The second-order valence-corrected chi connectivity index (χ2v) is 6.66. The second-order valence-electron chi connectivity index (χ2n) is 6.66. The van der Waals surface area contributed by atoms with Gasteiger partial charge in [-0.2, -0.15) is 13.2 Å². The van der Waals surface area contributed by atoms with E-state index in [9.17, 15) is 17.6 Å². The third-order valence-electron chi connectivity index (χ3n) is 4.62. The maximum absolute atomic E-state index is 13.3. The first-order valence-electron chi connectivity index (χ1n) is 9.17. The van der Waals surface area contributed by atoms with E-state index in [4.69, 9.17) is 0 Å². The molecule has 8 heteroatoms. The molecule has 0 radical (unpaired) electrons. The molecule has 4 nitrogen and oxygen atoms in total. The van der Waals surface area contributed by atoms with E-state index in [-0.39, 0.29) is 11.5 Å². The van der Waals surface area contributed by atoms with E-state index >= 15 is 0 Å². The van der Waals surface area contributed by atoms with E-state index < -0.39 is 11.7 Å². The van der Waals surface area contributed by atoms with Crippen LogP contribution < -0.4 is 5.32 Å².